The van der Waals surface area contributed by atoms with E-state index in [0.29, 0.717) is 36.9 Å². The Hall–Kier alpha value is -1.27. The average molecular weight is 276 g/mol. The maximum atomic E-state index is 12.2. The van der Waals surface area contributed by atoms with Gasteiger partial charge in [-0.2, -0.15) is 0 Å². The maximum absolute atomic E-state index is 12.2. The molecule has 1 saturated heterocycles. The molecule has 1 aromatic rings. The van der Waals surface area contributed by atoms with Crippen molar-refractivity contribution in [3.05, 3.63) is 29.3 Å². The number of hydrogen-bond acceptors (Lipinski definition) is 3. The molecule has 0 radical (unpaired) electrons. The summed E-state index contributed by atoms with van der Waals surface area (Å²) < 4.78 is 51.0. The molecular formula is C13H15F3O3. The molecule has 0 atom stereocenters. The third-order valence-electron chi connectivity index (χ3n) is 2.94. The second kappa shape index (κ2) is 5.79. The molecule has 0 amide bonds. The van der Waals surface area contributed by atoms with Crippen LogP contribution in [-0.4, -0.2) is 26.2 Å². The molecule has 2 rings (SSSR count). The van der Waals surface area contributed by atoms with Gasteiger partial charge in [-0.25, -0.2) is 0 Å². The summed E-state index contributed by atoms with van der Waals surface area (Å²) in [6, 6.07) is 4.56. The number of rotatable bonds is 5. The third kappa shape index (κ3) is 4.11. The van der Waals surface area contributed by atoms with Gasteiger partial charge < -0.3 is 14.2 Å². The van der Waals surface area contributed by atoms with Crippen molar-refractivity contribution in [1.82, 2.24) is 0 Å². The average Bonchev–Trinajstić information content (AvgIpc) is 2.24. The fourth-order valence-corrected chi connectivity index (χ4v) is 1.77. The van der Waals surface area contributed by atoms with Gasteiger partial charge in [0.15, 0.2) is 0 Å². The highest BCUT2D eigenvalue weighted by Crippen LogP contribution is 2.28. The standard InChI is InChI=1S/C13H15F3O3/c1-9-11(8-18-7-10-5-17-6-10)3-2-4-12(9)19-13(14,15)16/h2-4,10H,5-8H2,1H3. The Morgan fingerprint density at radius 2 is 2.05 bits per heavy atom. The number of alkyl halides is 3. The largest absolute Gasteiger partial charge is 0.573 e. The summed E-state index contributed by atoms with van der Waals surface area (Å²) >= 11 is 0. The normalized spacial score (nSPS) is 16.2. The maximum Gasteiger partial charge on any atom is 0.573 e. The Kier molecular flexibility index (Phi) is 4.31. The van der Waals surface area contributed by atoms with Crippen LogP contribution in [0.4, 0.5) is 13.2 Å². The van der Waals surface area contributed by atoms with E-state index in [-0.39, 0.29) is 12.4 Å². The van der Waals surface area contributed by atoms with Crippen molar-refractivity contribution in [1.29, 1.82) is 0 Å². The minimum atomic E-state index is -4.67. The zero-order valence-electron chi connectivity index (χ0n) is 10.5. The lowest BCUT2D eigenvalue weighted by Gasteiger charge is -2.25. The van der Waals surface area contributed by atoms with Crippen LogP contribution in [0.2, 0.25) is 0 Å². The summed E-state index contributed by atoms with van der Waals surface area (Å²) in [5.74, 6) is 0.218. The van der Waals surface area contributed by atoms with Gasteiger partial charge in [-0.1, -0.05) is 12.1 Å². The zero-order valence-corrected chi connectivity index (χ0v) is 10.5. The molecule has 1 aliphatic rings. The van der Waals surface area contributed by atoms with E-state index in [4.69, 9.17) is 9.47 Å². The molecule has 0 saturated carbocycles. The molecule has 1 aromatic carbocycles. The summed E-state index contributed by atoms with van der Waals surface area (Å²) in [6.07, 6.45) is -4.67. The molecule has 0 N–H and O–H groups in total. The number of benzene rings is 1. The molecular weight excluding hydrogens is 261 g/mol. The summed E-state index contributed by atoms with van der Waals surface area (Å²) in [5, 5.41) is 0. The molecule has 0 spiro atoms. The van der Waals surface area contributed by atoms with E-state index in [1.165, 1.54) is 12.1 Å². The van der Waals surface area contributed by atoms with Crippen molar-refractivity contribution in [3.8, 4) is 5.75 Å². The van der Waals surface area contributed by atoms with Crippen molar-refractivity contribution >= 4 is 0 Å². The molecule has 106 valence electrons. The Morgan fingerprint density at radius 3 is 2.63 bits per heavy atom. The second-order valence-electron chi connectivity index (χ2n) is 4.51. The van der Waals surface area contributed by atoms with Gasteiger partial charge in [0.25, 0.3) is 0 Å². The van der Waals surface area contributed by atoms with Crippen LogP contribution in [0, 0.1) is 12.8 Å². The minimum Gasteiger partial charge on any atom is -0.406 e. The molecule has 19 heavy (non-hydrogen) atoms. The van der Waals surface area contributed by atoms with Gasteiger partial charge in [0.05, 0.1) is 26.4 Å². The predicted molar refractivity (Wildman–Crippen MR) is 61.8 cm³/mol. The number of ether oxygens (including phenoxy) is 3. The summed E-state index contributed by atoms with van der Waals surface area (Å²) in [5.41, 5.74) is 1.15. The van der Waals surface area contributed by atoms with Gasteiger partial charge in [0.1, 0.15) is 5.75 Å². The Balaban J connectivity index is 1.94. The van der Waals surface area contributed by atoms with E-state index < -0.39 is 6.36 Å². The highest BCUT2D eigenvalue weighted by Gasteiger charge is 2.32. The van der Waals surface area contributed by atoms with Crippen LogP contribution in [0.1, 0.15) is 11.1 Å². The van der Waals surface area contributed by atoms with Crippen molar-refractivity contribution in [2.24, 2.45) is 5.92 Å². The first-order chi connectivity index (χ1) is 8.96. The van der Waals surface area contributed by atoms with Crippen molar-refractivity contribution < 1.29 is 27.4 Å². The smallest absolute Gasteiger partial charge is 0.406 e. The van der Waals surface area contributed by atoms with Crippen molar-refractivity contribution in [3.63, 3.8) is 0 Å². The van der Waals surface area contributed by atoms with Crippen LogP contribution in [0.15, 0.2) is 18.2 Å². The van der Waals surface area contributed by atoms with Gasteiger partial charge in [-0.15, -0.1) is 13.2 Å². The van der Waals surface area contributed by atoms with E-state index in [9.17, 15) is 13.2 Å². The minimum absolute atomic E-state index is 0.180. The van der Waals surface area contributed by atoms with Gasteiger partial charge in [-0.05, 0) is 24.1 Å². The van der Waals surface area contributed by atoms with E-state index in [2.05, 4.69) is 4.74 Å². The van der Waals surface area contributed by atoms with E-state index in [1.807, 2.05) is 0 Å². The van der Waals surface area contributed by atoms with Gasteiger partial charge >= 0.3 is 6.36 Å². The number of hydrogen-bond donors (Lipinski definition) is 0. The molecule has 1 fully saturated rings. The lowest BCUT2D eigenvalue weighted by Crippen LogP contribution is -2.31. The lowest BCUT2D eigenvalue weighted by atomic mass is 10.1. The first kappa shape index (κ1) is 14.1. The highest BCUT2D eigenvalue weighted by molar-refractivity contribution is 5.38. The quantitative estimate of drug-likeness (QED) is 0.827. The molecule has 1 aliphatic heterocycles. The summed E-state index contributed by atoms with van der Waals surface area (Å²) in [7, 11) is 0. The molecule has 0 aromatic heterocycles. The third-order valence-corrected chi connectivity index (χ3v) is 2.94. The van der Waals surface area contributed by atoms with E-state index >= 15 is 0 Å². The zero-order chi connectivity index (χ0) is 13.9. The SMILES string of the molecule is Cc1c(COCC2COC2)cccc1OC(F)(F)F. The first-order valence-electron chi connectivity index (χ1n) is 5.95. The van der Waals surface area contributed by atoms with Crippen molar-refractivity contribution in [2.75, 3.05) is 19.8 Å². The second-order valence-corrected chi connectivity index (χ2v) is 4.51. The first-order valence-corrected chi connectivity index (χ1v) is 5.95. The van der Waals surface area contributed by atoms with Gasteiger partial charge in [0.2, 0.25) is 0 Å². The van der Waals surface area contributed by atoms with Crippen LogP contribution in [0.5, 0.6) is 5.75 Å². The fourth-order valence-electron chi connectivity index (χ4n) is 1.77. The topological polar surface area (TPSA) is 27.7 Å². The molecule has 0 aliphatic carbocycles. The molecule has 0 unspecified atom stereocenters. The van der Waals surface area contributed by atoms with E-state index in [0.717, 1.165) is 0 Å². The molecule has 1 heterocycles. The lowest BCUT2D eigenvalue weighted by molar-refractivity contribution is -0.274. The Bertz CT molecular complexity index is 428. The Labute approximate surface area is 109 Å². The highest BCUT2D eigenvalue weighted by atomic mass is 19.4. The molecule has 3 nitrogen and oxygen atoms in total. The van der Waals surface area contributed by atoms with E-state index in [1.54, 1.807) is 13.0 Å². The summed E-state index contributed by atoms with van der Waals surface area (Å²) in [6.45, 7) is 3.81. The molecule has 6 heteroatoms. The monoisotopic (exact) mass is 276 g/mol. The molecule has 0 bridgehead atoms. The van der Waals surface area contributed by atoms with Gasteiger partial charge in [-0.3, -0.25) is 0 Å². The van der Waals surface area contributed by atoms with Crippen LogP contribution < -0.4 is 4.74 Å². The Morgan fingerprint density at radius 1 is 1.32 bits per heavy atom. The number of halogens is 3. The van der Waals surface area contributed by atoms with Crippen LogP contribution in [-0.2, 0) is 16.1 Å². The van der Waals surface area contributed by atoms with Crippen LogP contribution in [0.3, 0.4) is 0 Å². The fraction of sp³-hybridized carbons (Fsp3) is 0.538. The van der Waals surface area contributed by atoms with Crippen molar-refractivity contribution in [2.45, 2.75) is 19.9 Å². The van der Waals surface area contributed by atoms with Crippen LogP contribution in [0.25, 0.3) is 0 Å². The summed E-state index contributed by atoms with van der Waals surface area (Å²) in [4.78, 5) is 0. The predicted octanol–water partition coefficient (Wildman–Crippen LogP) is 3.06. The van der Waals surface area contributed by atoms with Gasteiger partial charge in [0, 0.05) is 5.92 Å². The van der Waals surface area contributed by atoms with Crippen LogP contribution >= 0.6 is 0 Å².